The van der Waals surface area contributed by atoms with Gasteiger partial charge in [-0.15, -0.1) is 0 Å². The van der Waals surface area contributed by atoms with E-state index in [0.29, 0.717) is 26.9 Å². The summed E-state index contributed by atoms with van der Waals surface area (Å²) in [6, 6.07) is 19.9. The number of thiophene rings is 1. The van der Waals surface area contributed by atoms with E-state index in [2.05, 4.69) is 61.1 Å². The first-order valence-electron chi connectivity index (χ1n) is 15.8. The third-order valence-corrected chi connectivity index (χ3v) is 14.6. The van der Waals surface area contributed by atoms with Crippen molar-refractivity contribution in [1.82, 2.24) is 4.98 Å². The number of benzene rings is 2. The summed E-state index contributed by atoms with van der Waals surface area (Å²) >= 11 is 0.533. The molecule has 0 saturated heterocycles. The Labute approximate surface area is 276 Å². The number of unbranched alkanes of at least 4 members (excludes halogenated alkanes) is 3. The molecule has 4 aromatic rings. The van der Waals surface area contributed by atoms with Crippen LogP contribution in [0.2, 0.25) is 3.43 Å². The zero-order chi connectivity index (χ0) is 31.4. The molecule has 2 heterocycles. The van der Waals surface area contributed by atoms with Crippen molar-refractivity contribution in [3.63, 3.8) is 0 Å². The summed E-state index contributed by atoms with van der Waals surface area (Å²) in [5, 5.41) is 20.3. The molecule has 0 aliphatic rings. The van der Waals surface area contributed by atoms with E-state index in [9.17, 15) is 10.1 Å². The van der Waals surface area contributed by atoms with Crippen LogP contribution in [0.4, 0.5) is 11.5 Å². The van der Waals surface area contributed by atoms with Gasteiger partial charge in [-0.1, -0.05) is 0 Å². The van der Waals surface area contributed by atoms with Gasteiger partial charge in [-0.05, 0) is 0 Å². The van der Waals surface area contributed by atoms with Crippen LogP contribution in [0.5, 0.6) is 5.75 Å². The van der Waals surface area contributed by atoms with E-state index in [1.54, 1.807) is 42.7 Å². The quantitative estimate of drug-likeness (QED) is 0.107. The summed E-state index contributed by atoms with van der Waals surface area (Å²) in [6.45, 7) is 7.49. The molecule has 0 spiro atoms. The van der Waals surface area contributed by atoms with Crippen molar-refractivity contribution in [3.05, 3.63) is 76.0 Å². The van der Waals surface area contributed by atoms with Crippen molar-refractivity contribution in [2.24, 2.45) is 0 Å². The number of carbonyl (C=O) groups excluding carboxylic acids is 1. The van der Waals surface area contributed by atoms with Crippen LogP contribution in [-0.4, -0.2) is 39.1 Å². The first-order valence-corrected chi connectivity index (χ1v) is 19.6. The van der Waals surface area contributed by atoms with Gasteiger partial charge in [0.15, 0.2) is 0 Å². The molecule has 44 heavy (non-hydrogen) atoms. The van der Waals surface area contributed by atoms with E-state index in [4.69, 9.17) is 9.72 Å². The first-order chi connectivity index (χ1) is 21.5. The van der Waals surface area contributed by atoms with Crippen molar-refractivity contribution in [2.75, 3.05) is 17.7 Å². The Morgan fingerprint density at radius 2 is 1.66 bits per heavy atom. The molecule has 230 valence electrons. The van der Waals surface area contributed by atoms with Gasteiger partial charge in [-0.3, -0.25) is 0 Å². The number of hydrogen-bond acceptors (Lipinski definition) is 6. The van der Waals surface area contributed by atoms with E-state index in [-0.39, 0.29) is 11.7 Å². The Bertz CT molecular complexity index is 1530. The molecule has 0 bridgehead atoms. The maximum absolute atomic E-state index is 13.3. The molecular formula is C36H44N4O2SSn. The van der Waals surface area contributed by atoms with Gasteiger partial charge in [0.05, 0.1) is 7.11 Å². The molecule has 2 N–H and O–H groups in total. The van der Waals surface area contributed by atoms with Gasteiger partial charge in [0.25, 0.3) is 0 Å². The average molecular weight is 716 g/mol. The van der Waals surface area contributed by atoms with Crippen LogP contribution in [0.3, 0.4) is 0 Å². The molecule has 0 saturated carbocycles. The molecule has 2 radical (unpaired) electrons. The van der Waals surface area contributed by atoms with Crippen LogP contribution in [-0.2, 0) is 6.54 Å². The zero-order valence-electron chi connectivity index (χ0n) is 26.5. The number of fused-ring (bicyclic) bond motifs is 1. The molecule has 2 aromatic carbocycles. The van der Waals surface area contributed by atoms with Crippen molar-refractivity contribution in [1.29, 1.82) is 5.26 Å². The number of ether oxygens (including phenoxy) is 1. The number of carbonyl (C=O) groups is 1. The number of nitrogens with one attached hydrogen (secondary N) is 2. The van der Waals surface area contributed by atoms with E-state index in [1.807, 2.05) is 12.1 Å². The number of amides is 1. The maximum atomic E-state index is 13.3. The molecule has 6 nitrogen and oxygen atoms in total. The van der Waals surface area contributed by atoms with Gasteiger partial charge in [0.1, 0.15) is 0 Å². The van der Waals surface area contributed by atoms with E-state index in [0.717, 1.165) is 16.6 Å². The predicted octanol–water partition coefficient (Wildman–Crippen LogP) is 9.10. The van der Waals surface area contributed by atoms with Gasteiger partial charge < -0.3 is 0 Å². The van der Waals surface area contributed by atoms with Crippen LogP contribution >= 0.6 is 11.3 Å². The van der Waals surface area contributed by atoms with E-state index in [1.165, 1.54) is 66.2 Å². The van der Waals surface area contributed by atoms with Gasteiger partial charge in [0.2, 0.25) is 0 Å². The van der Waals surface area contributed by atoms with Crippen LogP contribution in [0.1, 0.15) is 99.4 Å². The SMILES string of the molecule is CCCC[C](CCCC)(CCCC)[Sn][c]1cccc2nc(NC(=O)c3ccc(OC)cc3)c(C#N)c(NCc3cccs3)c12. The second-order valence-corrected chi connectivity index (χ2v) is 17.7. The summed E-state index contributed by atoms with van der Waals surface area (Å²) in [5.41, 5.74) is 2.45. The topological polar surface area (TPSA) is 87.0 Å². The van der Waals surface area contributed by atoms with E-state index < -0.39 is 21.1 Å². The van der Waals surface area contributed by atoms with Crippen LogP contribution in [0, 0.1) is 11.3 Å². The van der Waals surface area contributed by atoms with Crippen LogP contribution in [0.15, 0.2) is 60.0 Å². The summed E-state index contributed by atoms with van der Waals surface area (Å²) < 4.78 is 7.01. The minimum atomic E-state index is -1.15. The molecule has 0 atom stereocenters. The molecule has 0 fully saturated rings. The number of hydrogen-bond donors (Lipinski definition) is 2. The molecule has 4 rings (SSSR count). The Balaban J connectivity index is 1.83. The normalized spacial score (nSPS) is 11.3. The van der Waals surface area contributed by atoms with Crippen LogP contribution in [0.25, 0.3) is 10.9 Å². The number of nitriles is 1. The monoisotopic (exact) mass is 716 g/mol. The van der Waals surface area contributed by atoms with Gasteiger partial charge in [0, 0.05) is 0 Å². The minimum absolute atomic E-state index is 0.284. The fourth-order valence-electron chi connectivity index (χ4n) is 5.70. The number of aromatic nitrogens is 1. The predicted molar refractivity (Wildman–Crippen MR) is 186 cm³/mol. The molecule has 0 unspecified atom stereocenters. The fraction of sp³-hybridized carbons (Fsp3) is 0.417. The molecule has 0 aliphatic heterocycles. The fourth-order valence-corrected chi connectivity index (χ4v) is 12.2. The number of nitrogens with zero attached hydrogens (tertiary/aromatic N) is 2. The third-order valence-electron chi connectivity index (χ3n) is 8.15. The second kappa shape index (κ2) is 16.8. The van der Waals surface area contributed by atoms with Gasteiger partial charge >= 0.3 is 271 Å². The Morgan fingerprint density at radius 1 is 0.977 bits per heavy atom. The number of rotatable bonds is 17. The average Bonchev–Trinajstić information content (AvgIpc) is 3.58. The summed E-state index contributed by atoms with van der Waals surface area (Å²) in [5.74, 6) is 0.644. The second-order valence-electron chi connectivity index (χ2n) is 11.4. The Morgan fingerprint density at radius 3 is 2.23 bits per heavy atom. The van der Waals surface area contributed by atoms with Crippen molar-refractivity contribution >= 4 is 64.4 Å². The van der Waals surface area contributed by atoms with Crippen molar-refractivity contribution < 1.29 is 9.53 Å². The molecular weight excluding hydrogens is 671 g/mol. The number of methoxy groups -OCH3 is 1. The summed E-state index contributed by atoms with van der Waals surface area (Å²) in [6.07, 6.45) is 11.2. The van der Waals surface area contributed by atoms with Gasteiger partial charge in [-0.2, -0.15) is 0 Å². The Hall–Kier alpha value is -3.09. The number of pyridine rings is 1. The number of anilines is 2. The molecule has 1 amide bonds. The van der Waals surface area contributed by atoms with Crippen LogP contribution < -0.4 is 18.9 Å². The standard InChI is InChI=1S/C23H17N4O2S.C13H27.Sn/c1-29-16-10-8-15(9-11-16)23(28)27-22-19(13-24)21(25-14-17-5-4-12-30-17)18-6-2-3-7-20(18)26-22;1-4-7-10-13(11-8-5-2)12-9-6-3;/h2-5,7-12H,14H2,1H3,(H2,25,26,27,28);4-12H2,1-3H3;. The first kappa shape index (κ1) is 33.8. The molecule has 8 heteroatoms. The Kier molecular flexibility index (Phi) is 12.9. The molecule has 0 aliphatic carbocycles. The third kappa shape index (κ3) is 8.54. The summed E-state index contributed by atoms with van der Waals surface area (Å²) in [7, 11) is 1.59. The summed E-state index contributed by atoms with van der Waals surface area (Å²) in [4.78, 5) is 19.4. The van der Waals surface area contributed by atoms with Gasteiger partial charge in [-0.25, -0.2) is 0 Å². The van der Waals surface area contributed by atoms with Crippen molar-refractivity contribution in [3.8, 4) is 11.8 Å². The van der Waals surface area contributed by atoms with E-state index >= 15 is 0 Å². The molecule has 2 aromatic heterocycles. The van der Waals surface area contributed by atoms with Crippen molar-refractivity contribution in [2.45, 2.75) is 88.5 Å². The zero-order valence-corrected chi connectivity index (χ0v) is 30.1.